The first kappa shape index (κ1) is 9.00. The van der Waals surface area contributed by atoms with E-state index in [1.54, 1.807) is 6.26 Å². The van der Waals surface area contributed by atoms with E-state index in [2.05, 4.69) is 12.6 Å². The molecular formula is C3H11NS. The van der Waals surface area contributed by atoms with Crippen molar-refractivity contribution < 1.29 is 0 Å². The van der Waals surface area contributed by atoms with Crippen LogP contribution in [-0.2, 0) is 0 Å². The zero-order chi connectivity index (χ0) is 4.71. The molecule has 0 aliphatic heterocycles. The maximum atomic E-state index is 4.85. The van der Waals surface area contributed by atoms with E-state index in [0.717, 1.165) is 6.54 Å². The van der Waals surface area contributed by atoms with Crippen LogP contribution in [0.15, 0.2) is 0 Å². The van der Waals surface area contributed by atoms with Gasteiger partial charge in [0.25, 0.3) is 0 Å². The SMILES string of the molecule is CCN.CS. The molecule has 0 radical (unpaired) electrons. The topological polar surface area (TPSA) is 26.0 Å². The Hall–Kier alpha value is 0.310. The van der Waals surface area contributed by atoms with Crippen LogP contribution in [0.3, 0.4) is 0 Å². The highest BCUT2D eigenvalue weighted by Gasteiger charge is 1.32. The summed E-state index contributed by atoms with van der Waals surface area (Å²) >= 11 is 3.53. The fourth-order valence-corrected chi connectivity index (χ4v) is 0. The van der Waals surface area contributed by atoms with Crippen LogP contribution < -0.4 is 5.73 Å². The maximum absolute atomic E-state index is 4.85. The molecule has 0 aliphatic rings. The normalized spacial score (nSPS) is 4.80. The molecule has 0 rings (SSSR count). The Morgan fingerprint density at radius 3 is 1.60 bits per heavy atom. The summed E-state index contributed by atoms with van der Waals surface area (Å²) in [6, 6.07) is 0. The van der Waals surface area contributed by atoms with E-state index < -0.39 is 0 Å². The molecule has 0 fully saturated rings. The molecule has 0 spiro atoms. The molecule has 0 atom stereocenters. The van der Waals surface area contributed by atoms with E-state index in [1.165, 1.54) is 0 Å². The highest BCUT2D eigenvalue weighted by Crippen LogP contribution is 1.31. The first-order valence-electron chi connectivity index (χ1n) is 1.56. The van der Waals surface area contributed by atoms with E-state index in [9.17, 15) is 0 Å². The first-order chi connectivity index (χ1) is 2.41. The summed E-state index contributed by atoms with van der Waals surface area (Å²) in [5.41, 5.74) is 4.85. The van der Waals surface area contributed by atoms with Gasteiger partial charge in [0, 0.05) is 0 Å². The van der Waals surface area contributed by atoms with Crippen LogP contribution >= 0.6 is 12.6 Å². The molecule has 2 N–H and O–H groups in total. The molecule has 0 saturated carbocycles. The van der Waals surface area contributed by atoms with Crippen molar-refractivity contribution in [1.82, 2.24) is 0 Å². The predicted octanol–water partition coefficient (Wildman–Crippen LogP) is 0.511. The van der Waals surface area contributed by atoms with Crippen LogP contribution in [0, 0.1) is 0 Å². The number of rotatable bonds is 0. The quantitative estimate of drug-likeness (QED) is 0.419. The highest BCUT2D eigenvalue weighted by molar-refractivity contribution is 7.79. The molecule has 2 heteroatoms. The molecular weight excluding hydrogens is 82.1 g/mol. The fourth-order valence-electron chi connectivity index (χ4n) is 0. The summed E-state index contributed by atoms with van der Waals surface area (Å²) in [7, 11) is 0. The van der Waals surface area contributed by atoms with Gasteiger partial charge in [-0.05, 0) is 12.8 Å². The van der Waals surface area contributed by atoms with Crippen molar-refractivity contribution in [2.45, 2.75) is 6.92 Å². The average molecular weight is 93.2 g/mol. The Kier molecular flexibility index (Phi) is 49.5. The van der Waals surface area contributed by atoms with Gasteiger partial charge in [-0.2, -0.15) is 12.6 Å². The molecule has 34 valence electrons. The van der Waals surface area contributed by atoms with Gasteiger partial charge < -0.3 is 5.73 Å². The summed E-state index contributed by atoms with van der Waals surface area (Å²) in [6.45, 7) is 2.65. The predicted molar refractivity (Wildman–Crippen MR) is 29.6 cm³/mol. The Labute approximate surface area is 39.0 Å². The van der Waals surface area contributed by atoms with E-state index in [1.807, 2.05) is 6.92 Å². The molecule has 0 saturated heterocycles. The van der Waals surface area contributed by atoms with Crippen molar-refractivity contribution >= 4 is 12.6 Å². The second kappa shape index (κ2) is 27.5. The van der Waals surface area contributed by atoms with Gasteiger partial charge in [-0.15, -0.1) is 0 Å². The molecule has 1 nitrogen and oxygen atoms in total. The van der Waals surface area contributed by atoms with E-state index in [0.29, 0.717) is 0 Å². The number of hydrogen-bond donors (Lipinski definition) is 2. The van der Waals surface area contributed by atoms with Crippen LogP contribution in [0.5, 0.6) is 0 Å². The fraction of sp³-hybridized carbons (Fsp3) is 1.00. The van der Waals surface area contributed by atoms with Gasteiger partial charge >= 0.3 is 0 Å². The van der Waals surface area contributed by atoms with E-state index in [-0.39, 0.29) is 0 Å². The third-order valence-electron chi connectivity index (χ3n) is 0. The average Bonchev–Trinajstić information content (AvgIpc) is 1.46. The monoisotopic (exact) mass is 93.1 g/mol. The molecule has 0 aliphatic carbocycles. The number of thiol groups is 1. The molecule has 0 aromatic carbocycles. The lowest BCUT2D eigenvalue weighted by atomic mass is 10.8. The lowest BCUT2D eigenvalue weighted by Crippen LogP contribution is -1.87. The van der Waals surface area contributed by atoms with Crippen molar-refractivity contribution in [3.63, 3.8) is 0 Å². The molecule has 0 aromatic heterocycles. The summed E-state index contributed by atoms with van der Waals surface area (Å²) in [5.74, 6) is 0. The third kappa shape index (κ3) is 239. The Bertz CT molecular complexity index is 6.85. The Morgan fingerprint density at radius 1 is 1.60 bits per heavy atom. The van der Waals surface area contributed by atoms with Crippen molar-refractivity contribution in [3.05, 3.63) is 0 Å². The minimum atomic E-state index is 0.750. The summed E-state index contributed by atoms with van der Waals surface area (Å²) in [4.78, 5) is 0. The highest BCUT2D eigenvalue weighted by atomic mass is 32.1. The van der Waals surface area contributed by atoms with E-state index in [4.69, 9.17) is 5.73 Å². The largest absolute Gasteiger partial charge is 0.331 e. The van der Waals surface area contributed by atoms with E-state index >= 15 is 0 Å². The van der Waals surface area contributed by atoms with Crippen LogP contribution in [0.4, 0.5) is 0 Å². The van der Waals surface area contributed by atoms with Crippen LogP contribution in [0.1, 0.15) is 6.92 Å². The number of hydrogen-bond acceptors (Lipinski definition) is 2. The molecule has 0 unspecified atom stereocenters. The minimum Gasteiger partial charge on any atom is -0.331 e. The van der Waals surface area contributed by atoms with Crippen molar-refractivity contribution in [1.29, 1.82) is 0 Å². The summed E-state index contributed by atoms with van der Waals surface area (Å²) in [5, 5.41) is 0. The van der Waals surface area contributed by atoms with Crippen molar-refractivity contribution in [3.8, 4) is 0 Å². The smallest absolute Gasteiger partial charge is 0.0106 e. The second-order valence-electron chi connectivity index (χ2n) is 0.408. The lowest BCUT2D eigenvalue weighted by Gasteiger charge is -1.53. The second-order valence-corrected chi connectivity index (χ2v) is 0.408. The Balaban J connectivity index is 0. The van der Waals surface area contributed by atoms with Gasteiger partial charge in [0.1, 0.15) is 0 Å². The van der Waals surface area contributed by atoms with Crippen LogP contribution in [0.2, 0.25) is 0 Å². The van der Waals surface area contributed by atoms with Gasteiger partial charge in [-0.25, -0.2) is 0 Å². The van der Waals surface area contributed by atoms with Crippen LogP contribution in [0.25, 0.3) is 0 Å². The Morgan fingerprint density at radius 2 is 1.60 bits per heavy atom. The molecule has 5 heavy (non-hydrogen) atoms. The van der Waals surface area contributed by atoms with Crippen LogP contribution in [-0.4, -0.2) is 12.8 Å². The van der Waals surface area contributed by atoms with Gasteiger partial charge in [0.05, 0.1) is 0 Å². The zero-order valence-electron chi connectivity index (χ0n) is 3.73. The van der Waals surface area contributed by atoms with Crippen molar-refractivity contribution in [2.75, 3.05) is 12.8 Å². The minimum absolute atomic E-state index is 0.750. The lowest BCUT2D eigenvalue weighted by molar-refractivity contribution is 1.14. The standard InChI is InChI=1S/C2H7N.CH4S/c1-2-3;1-2/h2-3H2,1H3;2H,1H3. The maximum Gasteiger partial charge on any atom is -0.0106 e. The summed E-state index contributed by atoms with van der Waals surface area (Å²) < 4.78 is 0. The number of nitrogens with two attached hydrogens (primary N) is 1. The summed E-state index contributed by atoms with van der Waals surface area (Å²) in [6.07, 6.45) is 1.69. The van der Waals surface area contributed by atoms with Gasteiger partial charge in [0.2, 0.25) is 0 Å². The molecule has 0 amide bonds. The van der Waals surface area contributed by atoms with Gasteiger partial charge in [-0.1, -0.05) is 6.92 Å². The van der Waals surface area contributed by atoms with Gasteiger partial charge in [0.15, 0.2) is 0 Å². The molecule has 0 aromatic rings. The zero-order valence-corrected chi connectivity index (χ0v) is 4.63. The third-order valence-corrected chi connectivity index (χ3v) is 0. The van der Waals surface area contributed by atoms with Gasteiger partial charge in [-0.3, -0.25) is 0 Å². The van der Waals surface area contributed by atoms with Crippen molar-refractivity contribution in [2.24, 2.45) is 5.73 Å². The molecule has 0 heterocycles. The first-order valence-corrected chi connectivity index (χ1v) is 2.46. The molecule has 0 bridgehead atoms.